The third-order valence-electron chi connectivity index (χ3n) is 4.35. The smallest absolute Gasteiger partial charge is 0.229 e. The molecule has 1 saturated heterocycles. The Balaban J connectivity index is 1.69. The van der Waals surface area contributed by atoms with Crippen molar-refractivity contribution < 1.29 is 4.79 Å². The van der Waals surface area contributed by atoms with Gasteiger partial charge in [-0.25, -0.2) is 0 Å². The number of amides is 1. The lowest BCUT2D eigenvalue weighted by Crippen LogP contribution is -2.53. The molecule has 1 atom stereocenters. The highest BCUT2D eigenvalue weighted by atomic mass is 16.2. The Morgan fingerprint density at radius 3 is 2.74 bits per heavy atom. The summed E-state index contributed by atoms with van der Waals surface area (Å²) in [6.07, 6.45) is 3.02. The molecule has 1 amide bonds. The molecule has 1 aliphatic carbocycles. The molecule has 1 N–H and O–H groups in total. The monoisotopic (exact) mass is 258 g/mol. The SMILES string of the molecule is CC1CN(C(=O)C2(Cc3ccccc3)CC2)CCN1. The van der Waals surface area contributed by atoms with Gasteiger partial charge in [-0.2, -0.15) is 0 Å². The Hall–Kier alpha value is -1.35. The molecule has 3 nitrogen and oxygen atoms in total. The van der Waals surface area contributed by atoms with Crippen LogP contribution in [0.1, 0.15) is 25.3 Å². The predicted molar refractivity (Wildman–Crippen MR) is 75.9 cm³/mol. The molecule has 2 fully saturated rings. The maximum atomic E-state index is 12.7. The van der Waals surface area contributed by atoms with Gasteiger partial charge in [0.15, 0.2) is 0 Å². The Morgan fingerprint density at radius 2 is 2.11 bits per heavy atom. The van der Waals surface area contributed by atoms with Crippen LogP contribution >= 0.6 is 0 Å². The third kappa shape index (κ3) is 2.66. The van der Waals surface area contributed by atoms with Crippen molar-refractivity contribution in [2.75, 3.05) is 19.6 Å². The van der Waals surface area contributed by atoms with E-state index in [1.54, 1.807) is 0 Å². The summed E-state index contributed by atoms with van der Waals surface area (Å²) in [4.78, 5) is 14.8. The zero-order valence-corrected chi connectivity index (χ0v) is 11.6. The zero-order chi connectivity index (χ0) is 13.3. The lowest BCUT2D eigenvalue weighted by atomic mass is 9.94. The fourth-order valence-electron chi connectivity index (χ4n) is 3.06. The largest absolute Gasteiger partial charge is 0.339 e. The first-order chi connectivity index (χ1) is 9.20. The van der Waals surface area contributed by atoms with Crippen LogP contribution in [-0.4, -0.2) is 36.5 Å². The summed E-state index contributed by atoms with van der Waals surface area (Å²) in [5.41, 5.74) is 1.20. The normalized spacial score (nSPS) is 25.1. The Kier molecular flexibility index (Phi) is 3.31. The van der Waals surface area contributed by atoms with Gasteiger partial charge in [0.2, 0.25) is 5.91 Å². The number of piperazine rings is 1. The number of carbonyl (C=O) groups is 1. The van der Waals surface area contributed by atoms with Crippen molar-refractivity contribution in [1.82, 2.24) is 10.2 Å². The molecule has 19 heavy (non-hydrogen) atoms. The number of nitrogens with zero attached hydrogens (tertiary/aromatic N) is 1. The molecular weight excluding hydrogens is 236 g/mol. The first kappa shape index (κ1) is 12.7. The molecule has 2 aliphatic rings. The average molecular weight is 258 g/mol. The van der Waals surface area contributed by atoms with Gasteiger partial charge >= 0.3 is 0 Å². The summed E-state index contributed by atoms with van der Waals surface area (Å²) < 4.78 is 0. The predicted octanol–water partition coefficient (Wildman–Crippen LogP) is 1.83. The van der Waals surface area contributed by atoms with E-state index in [0.717, 1.165) is 38.9 Å². The van der Waals surface area contributed by atoms with Crippen LogP contribution in [0.5, 0.6) is 0 Å². The summed E-state index contributed by atoms with van der Waals surface area (Å²) in [5.74, 6) is 0.379. The van der Waals surface area contributed by atoms with Crippen LogP contribution in [-0.2, 0) is 11.2 Å². The quantitative estimate of drug-likeness (QED) is 0.897. The first-order valence-electron chi connectivity index (χ1n) is 7.26. The van der Waals surface area contributed by atoms with Crippen LogP contribution in [0.2, 0.25) is 0 Å². The van der Waals surface area contributed by atoms with Crippen LogP contribution in [0, 0.1) is 5.41 Å². The minimum Gasteiger partial charge on any atom is -0.339 e. The van der Waals surface area contributed by atoms with Gasteiger partial charge in [0.05, 0.1) is 5.41 Å². The molecule has 1 aromatic carbocycles. The molecule has 1 heterocycles. The fourth-order valence-corrected chi connectivity index (χ4v) is 3.06. The number of hydrogen-bond donors (Lipinski definition) is 1. The van der Waals surface area contributed by atoms with Crippen molar-refractivity contribution in [3.05, 3.63) is 35.9 Å². The van der Waals surface area contributed by atoms with E-state index in [4.69, 9.17) is 0 Å². The third-order valence-corrected chi connectivity index (χ3v) is 4.35. The van der Waals surface area contributed by atoms with Gasteiger partial charge in [-0.1, -0.05) is 30.3 Å². The fraction of sp³-hybridized carbons (Fsp3) is 0.562. The summed E-state index contributed by atoms with van der Waals surface area (Å²) in [6, 6.07) is 10.8. The van der Waals surface area contributed by atoms with Crippen molar-refractivity contribution >= 4 is 5.91 Å². The van der Waals surface area contributed by atoms with Gasteiger partial charge in [0, 0.05) is 25.7 Å². The molecule has 0 radical (unpaired) electrons. The second-order valence-electron chi connectivity index (χ2n) is 6.05. The summed E-state index contributed by atoms with van der Waals surface area (Å²) in [7, 11) is 0. The second-order valence-corrected chi connectivity index (χ2v) is 6.05. The van der Waals surface area contributed by atoms with Gasteiger partial charge < -0.3 is 10.2 Å². The molecule has 1 aliphatic heterocycles. The van der Waals surface area contributed by atoms with Crippen LogP contribution < -0.4 is 5.32 Å². The van der Waals surface area contributed by atoms with Crippen LogP contribution in [0.4, 0.5) is 0 Å². The summed E-state index contributed by atoms with van der Waals surface area (Å²) in [6.45, 7) is 4.79. The Labute approximate surface area is 115 Å². The average Bonchev–Trinajstić information content (AvgIpc) is 3.20. The minimum atomic E-state index is -0.0849. The van der Waals surface area contributed by atoms with Crippen molar-refractivity contribution in [1.29, 1.82) is 0 Å². The molecular formula is C16H22N2O. The number of hydrogen-bond acceptors (Lipinski definition) is 2. The van der Waals surface area contributed by atoms with Crippen molar-refractivity contribution in [3.8, 4) is 0 Å². The van der Waals surface area contributed by atoms with E-state index in [2.05, 4.69) is 41.4 Å². The highest BCUT2D eigenvalue weighted by Crippen LogP contribution is 2.50. The molecule has 0 bridgehead atoms. The molecule has 3 rings (SSSR count). The van der Waals surface area contributed by atoms with E-state index >= 15 is 0 Å². The minimum absolute atomic E-state index is 0.0849. The molecule has 102 valence electrons. The van der Waals surface area contributed by atoms with Gasteiger partial charge in [0.1, 0.15) is 0 Å². The van der Waals surface area contributed by atoms with E-state index in [1.807, 2.05) is 6.07 Å². The standard InChI is InChI=1S/C16H22N2O/c1-13-12-18(10-9-17-13)15(19)16(7-8-16)11-14-5-3-2-4-6-14/h2-6,13,17H,7-12H2,1H3. The number of nitrogens with one attached hydrogen (secondary N) is 1. The van der Waals surface area contributed by atoms with E-state index in [0.29, 0.717) is 11.9 Å². The Morgan fingerprint density at radius 1 is 1.37 bits per heavy atom. The van der Waals surface area contributed by atoms with Gasteiger partial charge in [0.25, 0.3) is 0 Å². The van der Waals surface area contributed by atoms with E-state index in [9.17, 15) is 4.79 Å². The van der Waals surface area contributed by atoms with Gasteiger partial charge in [-0.05, 0) is 31.7 Å². The van der Waals surface area contributed by atoms with Gasteiger partial charge in [-0.15, -0.1) is 0 Å². The molecule has 1 unspecified atom stereocenters. The maximum absolute atomic E-state index is 12.7. The van der Waals surface area contributed by atoms with Crippen molar-refractivity contribution in [3.63, 3.8) is 0 Å². The second kappa shape index (κ2) is 4.97. The number of carbonyl (C=O) groups excluding carboxylic acids is 1. The lowest BCUT2D eigenvalue weighted by Gasteiger charge is -2.34. The number of rotatable bonds is 3. The highest BCUT2D eigenvalue weighted by molar-refractivity contribution is 5.85. The number of benzene rings is 1. The van der Waals surface area contributed by atoms with E-state index in [-0.39, 0.29) is 5.41 Å². The van der Waals surface area contributed by atoms with Crippen LogP contribution in [0.3, 0.4) is 0 Å². The molecule has 0 aromatic heterocycles. The van der Waals surface area contributed by atoms with E-state index in [1.165, 1.54) is 5.56 Å². The molecule has 1 saturated carbocycles. The molecule has 3 heteroatoms. The zero-order valence-electron chi connectivity index (χ0n) is 11.6. The van der Waals surface area contributed by atoms with E-state index < -0.39 is 0 Å². The maximum Gasteiger partial charge on any atom is 0.229 e. The van der Waals surface area contributed by atoms with Crippen molar-refractivity contribution in [2.45, 2.75) is 32.2 Å². The Bertz CT molecular complexity index is 453. The molecule has 1 aromatic rings. The first-order valence-corrected chi connectivity index (χ1v) is 7.26. The van der Waals surface area contributed by atoms with Gasteiger partial charge in [-0.3, -0.25) is 4.79 Å². The van der Waals surface area contributed by atoms with Crippen LogP contribution in [0.25, 0.3) is 0 Å². The highest BCUT2D eigenvalue weighted by Gasteiger charge is 2.51. The topological polar surface area (TPSA) is 32.3 Å². The van der Waals surface area contributed by atoms with Crippen LogP contribution in [0.15, 0.2) is 30.3 Å². The molecule has 0 spiro atoms. The lowest BCUT2D eigenvalue weighted by molar-refractivity contribution is -0.138. The summed E-state index contributed by atoms with van der Waals surface area (Å²) in [5, 5.41) is 3.39. The summed E-state index contributed by atoms with van der Waals surface area (Å²) >= 11 is 0. The van der Waals surface area contributed by atoms with Crippen molar-refractivity contribution in [2.24, 2.45) is 5.41 Å².